The van der Waals surface area contributed by atoms with Crippen molar-refractivity contribution >= 4 is 23.2 Å². The van der Waals surface area contributed by atoms with Crippen molar-refractivity contribution in [2.75, 3.05) is 0 Å². The lowest BCUT2D eigenvalue weighted by atomic mass is 9.91. The molecule has 0 nitrogen and oxygen atoms in total. The first-order valence-electron chi connectivity index (χ1n) is 6.04. The first-order chi connectivity index (χ1) is 8.74. The lowest BCUT2D eigenvalue weighted by Crippen LogP contribution is -1.97. The van der Waals surface area contributed by atoms with Crippen molar-refractivity contribution in [1.29, 1.82) is 0 Å². The molecule has 0 aromatic heterocycles. The second kappa shape index (κ2) is 6.26. The van der Waals surface area contributed by atoms with Gasteiger partial charge in [-0.05, 0) is 22.3 Å². The number of hydrogen-bond acceptors (Lipinski definition) is 0. The van der Waals surface area contributed by atoms with E-state index < -0.39 is 0 Å². The van der Waals surface area contributed by atoms with Crippen LogP contribution in [0.4, 0.5) is 0 Å². The highest BCUT2D eigenvalue weighted by Crippen LogP contribution is 2.26. The van der Waals surface area contributed by atoms with E-state index in [-0.39, 0.29) is 0 Å². The molecule has 0 saturated carbocycles. The molecule has 94 valence electrons. The summed E-state index contributed by atoms with van der Waals surface area (Å²) >= 11 is 11.8. The largest absolute Gasteiger partial charge is 0.122 e. The van der Waals surface area contributed by atoms with E-state index >= 15 is 0 Å². The van der Waals surface area contributed by atoms with Gasteiger partial charge < -0.3 is 0 Å². The molecule has 0 radical (unpaired) electrons. The van der Waals surface area contributed by atoms with E-state index in [1.165, 1.54) is 11.1 Å². The topological polar surface area (TPSA) is 0 Å². The maximum Gasteiger partial charge on any atom is 0.0474 e. The van der Waals surface area contributed by atoms with Crippen molar-refractivity contribution in [3.05, 3.63) is 70.8 Å². The molecule has 0 spiro atoms. The molecule has 2 rings (SSSR count). The minimum absolute atomic E-state index is 0.358. The van der Waals surface area contributed by atoms with Crippen molar-refractivity contribution in [3.63, 3.8) is 0 Å². The average molecular weight is 279 g/mol. The molecule has 2 heteroatoms. The first-order valence-corrected chi connectivity index (χ1v) is 7.11. The van der Waals surface area contributed by atoms with Gasteiger partial charge in [0, 0.05) is 17.7 Å². The zero-order valence-electron chi connectivity index (χ0n) is 10.4. The van der Waals surface area contributed by atoms with Crippen LogP contribution >= 0.6 is 23.2 Å². The molecular weight excluding hydrogens is 263 g/mol. The van der Waals surface area contributed by atoms with Gasteiger partial charge in [-0.1, -0.05) is 55.5 Å². The van der Waals surface area contributed by atoms with Crippen molar-refractivity contribution < 1.29 is 0 Å². The van der Waals surface area contributed by atoms with Gasteiger partial charge >= 0.3 is 0 Å². The quantitative estimate of drug-likeness (QED) is 0.665. The van der Waals surface area contributed by atoms with Crippen LogP contribution in [-0.2, 0) is 11.8 Å². The monoisotopic (exact) mass is 278 g/mol. The molecule has 0 amide bonds. The van der Waals surface area contributed by atoms with E-state index in [2.05, 4.69) is 55.5 Å². The summed E-state index contributed by atoms with van der Waals surface area (Å²) in [6, 6.07) is 16.9. The van der Waals surface area contributed by atoms with Crippen LogP contribution < -0.4 is 0 Å². The van der Waals surface area contributed by atoms with Gasteiger partial charge in [0.2, 0.25) is 0 Å². The first kappa shape index (κ1) is 13.5. The summed E-state index contributed by atoms with van der Waals surface area (Å²) in [5, 5.41) is 0. The second-order valence-electron chi connectivity index (χ2n) is 4.48. The molecule has 0 fully saturated rings. The highest BCUT2D eigenvalue weighted by molar-refractivity contribution is 6.17. The molecule has 0 bridgehead atoms. The van der Waals surface area contributed by atoms with Crippen LogP contribution in [0.1, 0.15) is 35.1 Å². The van der Waals surface area contributed by atoms with Crippen LogP contribution in [0.3, 0.4) is 0 Å². The Morgan fingerprint density at radius 1 is 0.833 bits per heavy atom. The van der Waals surface area contributed by atoms with Crippen LogP contribution in [0, 0.1) is 0 Å². The lowest BCUT2D eigenvalue weighted by molar-refractivity contribution is 0.916. The maximum atomic E-state index is 5.88. The van der Waals surface area contributed by atoms with Crippen molar-refractivity contribution in [2.45, 2.75) is 24.6 Å². The summed E-state index contributed by atoms with van der Waals surface area (Å²) in [5.41, 5.74) is 4.91. The molecular formula is C16H16Cl2. The van der Waals surface area contributed by atoms with Gasteiger partial charge in [-0.15, -0.1) is 23.2 Å². The van der Waals surface area contributed by atoms with E-state index in [9.17, 15) is 0 Å². The van der Waals surface area contributed by atoms with Crippen LogP contribution in [0.5, 0.6) is 0 Å². The Bertz CT molecular complexity index is 473. The summed E-state index contributed by atoms with van der Waals surface area (Å²) in [7, 11) is 0. The number of benzene rings is 2. The Hall–Kier alpha value is -0.980. The van der Waals surface area contributed by atoms with Crippen molar-refractivity contribution in [2.24, 2.45) is 0 Å². The average Bonchev–Trinajstić information content (AvgIpc) is 2.46. The molecule has 0 saturated heterocycles. The van der Waals surface area contributed by atoms with E-state index in [1.807, 2.05) is 0 Å². The van der Waals surface area contributed by atoms with Crippen molar-refractivity contribution in [3.8, 4) is 0 Å². The van der Waals surface area contributed by atoms with Crippen LogP contribution in [-0.4, -0.2) is 0 Å². The van der Waals surface area contributed by atoms with E-state index in [0.717, 1.165) is 11.1 Å². The van der Waals surface area contributed by atoms with E-state index in [0.29, 0.717) is 17.7 Å². The summed E-state index contributed by atoms with van der Waals surface area (Å²) in [6.45, 7) is 2.21. The molecule has 0 aliphatic rings. The van der Waals surface area contributed by atoms with E-state index in [4.69, 9.17) is 23.2 Å². The predicted molar refractivity (Wildman–Crippen MR) is 79.5 cm³/mol. The molecule has 0 unspecified atom stereocenters. The molecule has 18 heavy (non-hydrogen) atoms. The van der Waals surface area contributed by atoms with Crippen LogP contribution in [0.15, 0.2) is 48.5 Å². The standard InChI is InChI=1S/C16H16Cl2/c1-12(15-6-2-4-13(8-15)10-17)16-7-3-5-14(9-16)11-18/h2-9,12H,10-11H2,1H3. The van der Waals surface area contributed by atoms with Crippen LogP contribution in [0.25, 0.3) is 0 Å². The molecule has 0 atom stereocenters. The number of alkyl halides is 2. The highest BCUT2D eigenvalue weighted by Gasteiger charge is 2.09. The third-order valence-electron chi connectivity index (χ3n) is 3.21. The third-order valence-corrected chi connectivity index (χ3v) is 3.83. The van der Waals surface area contributed by atoms with Gasteiger partial charge in [0.1, 0.15) is 0 Å². The number of rotatable bonds is 4. The van der Waals surface area contributed by atoms with Gasteiger partial charge in [0.15, 0.2) is 0 Å². The molecule has 2 aromatic carbocycles. The summed E-state index contributed by atoms with van der Waals surface area (Å²) < 4.78 is 0. The Morgan fingerprint density at radius 3 is 1.67 bits per heavy atom. The Balaban J connectivity index is 2.31. The predicted octanol–water partition coefficient (Wildman–Crippen LogP) is 5.32. The lowest BCUT2D eigenvalue weighted by Gasteiger charge is -2.14. The van der Waals surface area contributed by atoms with Gasteiger partial charge in [-0.25, -0.2) is 0 Å². The Labute approximate surface area is 119 Å². The van der Waals surface area contributed by atoms with Gasteiger partial charge in [0.25, 0.3) is 0 Å². The molecule has 0 heterocycles. The zero-order chi connectivity index (χ0) is 13.0. The fourth-order valence-electron chi connectivity index (χ4n) is 2.08. The maximum absolute atomic E-state index is 5.88. The fourth-order valence-corrected chi connectivity index (χ4v) is 2.42. The molecule has 0 aliphatic carbocycles. The third kappa shape index (κ3) is 3.07. The second-order valence-corrected chi connectivity index (χ2v) is 5.01. The van der Waals surface area contributed by atoms with Crippen molar-refractivity contribution in [1.82, 2.24) is 0 Å². The summed E-state index contributed by atoms with van der Waals surface area (Å²) in [4.78, 5) is 0. The Morgan fingerprint density at radius 2 is 1.28 bits per heavy atom. The van der Waals surface area contributed by atoms with E-state index in [1.54, 1.807) is 0 Å². The van der Waals surface area contributed by atoms with Crippen LogP contribution in [0.2, 0.25) is 0 Å². The SMILES string of the molecule is CC(c1cccc(CCl)c1)c1cccc(CCl)c1. The molecule has 0 aliphatic heterocycles. The number of hydrogen-bond donors (Lipinski definition) is 0. The summed E-state index contributed by atoms with van der Waals surface area (Å²) in [6.07, 6.45) is 0. The minimum Gasteiger partial charge on any atom is -0.122 e. The normalized spacial score (nSPS) is 10.9. The minimum atomic E-state index is 0.358. The molecule has 0 N–H and O–H groups in total. The van der Waals surface area contributed by atoms with Gasteiger partial charge in [-0.3, -0.25) is 0 Å². The zero-order valence-corrected chi connectivity index (χ0v) is 11.9. The fraction of sp³-hybridized carbons (Fsp3) is 0.250. The Kier molecular flexibility index (Phi) is 4.68. The number of halogens is 2. The molecule has 2 aromatic rings. The summed E-state index contributed by atoms with van der Waals surface area (Å²) in [5.74, 6) is 1.47. The van der Waals surface area contributed by atoms with Gasteiger partial charge in [0.05, 0.1) is 0 Å². The smallest absolute Gasteiger partial charge is 0.0474 e. The van der Waals surface area contributed by atoms with Gasteiger partial charge in [-0.2, -0.15) is 0 Å². The highest BCUT2D eigenvalue weighted by atomic mass is 35.5.